The number of carbonyl (C=O) groups excluding carboxylic acids is 1. The van der Waals surface area contributed by atoms with Gasteiger partial charge in [0.15, 0.2) is 0 Å². The van der Waals surface area contributed by atoms with Crippen LogP contribution in [-0.2, 0) is 14.4 Å². The minimum atomic E-state index is -0.956. The summed E-state index contributed by atoms with van der Waals surface area (Å²) in [5.41, 5.74) is 0. The maximum absolute atomic E-state index is 12.1. The number of hydrogen-bond acceptors (Lipinski definition) is 5. The second-order valence-corrected chi connectivity index (χ2v) is 6.48. The Morgan fingerprint density at radius 2 is 1.72 bits per heavy atom. The molecule has 1 unspecified atom stereocenters. The number of unbranched alkanes of at least 4 members (excludes halogenated alkanes) is 8. The fourth-order valence-electron chi connectivity index (χ4n) is 2.84. The van der Waals surface area contributed by atoms with Crippen molar-refractivity contribution in [3.63, 3.8) is 0 Å². The van der Waals surface area contributed by atoms with Gasteiger partial charge in [-0.2, -0.15) is 5.06 Å². The summed E-state index contributed by atoms with van der Waals surface area (Å²) in [6.45, 7) is 3.37. The molecular weight excluding hydrogens is 331 g/mol. The van der Waals surface area contributed by atoms with Gasteiger partial charge in [0.1, 0.15) is 6.34 Å². The number of carboxylic acid groups (broad SMARTS) is 1. The van der Waals surface area contributed by atoms with E-state index in [4.69, 9.17) is 9.94 Å². The van der Waals surface area contributed by atoms with Crippen LogP contribution in [0.5, 0.6) is 0 Å². The number of carbonyl (C=O) groups is 2. The van der Waals surface area contributed by atoms with Gasteiger partial charge < -0.3 is 9.94 Å². The summed E-state index contributed by atoms with van der Waals surface area (Å²) in [7, 11) is 0. The number of rotatable bonds is 14. The van der Waals surface area contributed by atoms with E-state index in [1.165, 1.54) is 49.9 Å². The predicted molar refractivity (Wildman–Crippen MR) is 101 cm³/mol. The molecule has 0 spiro atoms. The van der Waals surface area contributed by atoms with Gasteiger partial charge in [-0.25, -0.2) is 4.79 Å². The van der Waals surface area contributed by atoms with Crippen LogP contribution in [0.25, 0.3) is 0 Å². The van der Waals surface area contributed by atoms with Crippen molar-refractivity contribution >= 4 is 47.8 Å². The van der Waals surface area contributed by atoms with E-state index >= 15 is 0 Å². The summed E-state index contributed by atoms with van der Waals surface area (Å²) in [6, 6.07) is 0. The molecule has 0 radical (unpaired) electrons. The Morgan fingerprint density at radius 1 is 1.12 bits per heavy atom. The van der Waals surface area contributed by atoms with E-state index in [0.717, 1.165) is 19.3 Å². The van der Waals surface area contributed by atoms with Crippen LogP contribution in [0.4, 0.5) is 0 Å². The van der Waals surface area contributed by atoms with E-state index in [1.54, 1.807) is 0 Å². The Morgan fingerprint density at radius 3 is 2.24 bits per heavy atom. The number of carboxylic acids is 1. The van der Waals surface area contributed by atoms with Gasteiger partial charge in [-0.15, -0.1) is 0 Å². The van der Waals surface area contributed by atoms with Crippen molar-refractivity contribution in [1.29, 1.82) is 0 Å². The van der Waals surface area contributed by atoms with E-state index in [1.807, 2.05) is 0 Å². The third kappa shape index (κ3) is 12.4. The molecule has 25 heavy (non-hydrogen) atoms. The Kier molecular flexibility index (Phi) is 15.3. The Labute approximate surface area is 173 Å². The summed E-state index contributed by atoms with van der Waals surface area (Å²) in [5, 5.41) is 10.4. The monoisotopic (exact) mass is 364 g/mol. The summed E-state index contributed by atoms with van der Waals surface area (Å²) in [6.07, 6.45) is 12.7. The molecular formula is C18H33N2NaO4. The first-order chi connectivity index (χ1) is 11.6. The quantitative estimate of drug-likeness (QED) is 0.378. The van der Waals surface area contributed by atoms with Crippen LogP contribution < -0.4 is 0 Å². The molecule has 0 saturated carbocycles. The van der Waals surface area contributed by atoms with Crippen LogP contribution in [0, 0.1) is 5.92 Å². The van der Waals surface area contributed by atoms with E-state index in [2.05, 4.69) is 11.9 Å². The molecule has 1 atom stereocenters. The third-order valence-electron chi connectivity index (χ3n) is 4.28. The van der Waals surface area contributed by atoms with Gasteiger partial charge in [0.25, 0.3) is 0 Å². The van der Waals surface area contributed by atoms with Gasteiger partial charge >= 0.3 is 41.5 Å². The molecule has 0 saturated heterocycles. The number of aliphatic imine (C=N–C) groups is 1. The average molecular weight is 364 g/mol. The standard InChI is InChI=1S/C18H32N2O4.Na.H/c1-2-3-4-5-6-7-8-9-10-11-16(14-17(21)22)18(23)24-20-13-12-19-15-20;;/h15-16H,2-14H2,1H3,(H,21,22);;. The number of hydrogen-bond donors (Lipinski definition) is 1. The van der Waals surface area contributed by atoms with Crippen molar-refractivity contribution in [1.82, 2.24) is 5.06 Å². The molecule has 0 bridgehead atoms. The average Bonchev–Trinajstić information content (AvgIpc) is 3.04. The molecule has 1 aliphatic heterocycles. The van der Waals surface area contributed by atoms with Crippen LogP contribution in [0.15, 0.2) is 4.99 Å². The first-order valence-corrected chi connectivity index (χ1v) is 9.33. The Bertz CT molecular complexity index is 405. The summed E-state index contributed by atoms with van der Waals surface area (Å²) in [5.74, 6) is -1.98. The van der Waals surface area contributed by atoms with Gasteiger partial charge in [0.2, 0.25) is 0 Å². The SMILES string of the molecule is CCCCCCCCCCCC(CC(=O)O)C(=O)ON1C=NCC1.[NaH]. The van der Waals surface area contributed by atoms with Crippen LogP contribution in [0.2, 0.25) is 0 Å². The molecule has 1 heterocycles. The van der Waals surface area contributed by atoms with Gasteiger partial charge in [-0.1, -0.05) is 64.7 Å². The maximum atomic E-state index is 12.1. The van der Waals surface area contributed by atoms with E-state index < -0.39 is 17.9 Å². The van der Waals surface area contributed by atoms with Gasteiger partial charge in [-0.05, 0) is 6.42 Å². The first-order valence-electron chi connectivity index (χ1n) is 9.33. The number of hydroxylamine groups is 2. The molecule has 1 N–H and O–H groups in total. The first kappa shape index (κ1) is 24.4. The fourth-order valence-corrected chi connectivity index (χ4v) is 2.84. The van der Waals surface area contributed by atoms with Crippen molar-refractivity contribution < 1.29 is 19.5 Å². The molecule has 0 aromatic heterocycles. The van der Waals surface area contributed by atoms with Gasteiger partial charge in [0, 0.05) is 0 Å². The van der Waals surface area contributed by atoms with Crippen molar-refractivity contribution in [3.8, 4) is 0 Å². The zero-order chi connectivity index (χ0) is 17.6. The van der Waals surface area contributed by atoms with Crippen LogP contribution in [0.3, 0.4) is 0 Å². The van der Waals surface area contributed by atoms with Gasteiger partial charge in [0.05, 0.1) is 25.4 Å². The van der Waals surface area contributed by atoms with Crippen LogP contribution in [-0.4, -0.2) is 71.1 Å². The third-order valence-corrected chi connectivity index (χ3v) is 4.28. The molecule has 0 aliphatic carbocycles. The normalized spacial score (nSPS) is 14.2. The van der Waals surface area contributed by atoms with Crippen molar-refractivity contribution in [2.45, 2.75) is 77.6 Å². The van der Waals surface area contributed by atoms with E-state index in [9.17, 15) is 9.59 Å². The van der Waals surface area contributed by atoms with Crippen LogP contribution >= 0.6 is 0 Å². The number of nitrogens with zero attached hydrogens (tertiary/aromatic N) is 2. The molecule has 1 rings (SSSR count). The van der Waals surface area contributed by atoms with Crippen molar-refractivity contribution in [3.05, 3.63) is 0 Å². The fraction of sp³-hybridized carbons (Fsp3) is 0.833. The second kappa shape index (κ2) is 15.6. The zero-order valence-electron chi connectivity index (χ0n) is 14.9. The Balaban J connectivity index is 0.00000576. The molecule has 0 amide bonds. The zero-order valence-corrected chi connectivity index (χ0v) is 14.9. The summed E-state index contributed by atoms with van der Waals surface area (Å²) < 4.78 is 0. The number of aliphatic carboxylic acids is 1. The molecule has 7 heteroatoms. The molecule has 0 aromatic carbocycles. The topological polar surface area (TPSA) is 79.2 Å². The second-order valence-electron chi connectivity index (χ2n) is 6.48. The Hall–Kier alpha value is -0.590. The minimum absolute atomic E-state index is 0. The molecule has 0 fully saturated rings. The van der Waals surface area contributed by atoms with Crippen molar-refractivity contribution in [2.24, 2.45) is 10.9 Å². The summed E-state index contributed by atoms with van der Waals surface area (Å²) in [4.78, 5) is 32.2. The van der Waals surface area contributed by atoms with Gasteiger partial charge in [-0.3, -0.25) is 9.79 Å². The molecule has 6 nitrogen and oxygen atoms in total. The molecule has 1 aliphatic rings. The van der Waals surface area contributed by atoms with Crippen molar-refractivity contribution in [2.75, 3.05) is 13.1 Å². The van der Waals surface area contributed by atoms with Crippen LogP contribution in [0.1, 0.15) is 77.6 Å². The molecule has 0 aromatic rings. The molecule has 140 valence electrons. The predicted octanol–water partition coefficient (Wildman–Crippen LogP) is 3.15. The summed E-state index contributed by atoms with van der Waals surface area (Å²) >= 11 is 0. The van der Waals surface area contributed by atoms with E-state index in [-0.39, 0.29) is 36.0 Å². The van der Waals surface area contributed by atoms with E-state index in [0.29, 0.717) is 19.5 Å².